The Hall–Kier alpha value is -2.49. The second kappa shape index (κ2) is 5.25. The van der Waals surface area contributed by atoms with Crippen molar-refractivity contribution in [1.82, 2.24) is 9.38 Å². The van der Waals surface area contributed by atoms with Crippen LogP contribution in [0.5, 0.6) is 5.75 Å². The van der Waals surface area contributed by atoms with E-state index in [1.54, 1.807) is 7.11 Å². The van der Waals surface area contributed by atoms with Gasteiger partial charge in [0.25, 0.3) is 0 Å². The molecule has 3 rings (SSSR count). The summed E-state index contributed by atoms with van der Waals surface area (Å²) >= 11 is 0. The molecular formula is C16H17N3O. The van der Waals surface area contributed by atoms with Crippen LogP contribution in [0, 0.1) is 0 Å². The minimum absolute atomic E-state index is 0.690. The van der Waals surface area contributed by atoms with Crippen LogP contribution in [0.2, 0.25) is 0 Å². The number of fused-ring (bicyclic) bond motifs is 1. The fourth-order valence-corrected chi connectivity index (χ4v) is 2.36. The molecule has 102 valence electrons. The van der Waals surface area contributed by atoms with E-state index in [0.717, 1.165) is 29.9 Å². The fourth-order valence-electron chi connectivity index (χ4n) is 2.36. The number of anilines is 1. The van der Waals surface area contributed by atoms with Crippen molar-refractivity contribution in [2.75, 3.05) is 12.8 Å². The number of nitrogen functional groups attached to an aromatic ring is 1. The van der Waals surface area contributed by atoms with Crippen molar-refractivity contribution < 1.29 is 4.74 Å². The van der Waals surface area contributed by atoms with Gasteiger partial charge in [0.2, 0.25) is 0 Å². The Morgan fingerprint density at radius 3 is 2.65 bits per heavy atom. The molecule has 0 unspecified atom stereocenters. The van der Waals surface area contributed by atoms with Crippen molar-refractivity contribution >= 4 is 11.5 Å². The number of nitrogens with zero attached hydrogens (tertiary/aromatic N) is 2. The van der Waals surface area contributed by atoms with Crippen LogP contribution < -0.4 is 10.5 Å². The maximum Gasteiger partial charge on any atom is 0.181 e. The molecule has 0 aliphatic carbocycles. The molecule has 20 heavy (non-hydrogen) atoms. The van der Waals surface area contributed by atoms with Crippen LogP contribution in [0.15, 0.2) is 48.7 Å². The van der Waals surface area contributed by atoms with Crippen LogP contribution in [-0.4, -0.2) is 16.5 Å². The summed E-state index contributed by atoms with van der Waals surface area (Å²) in [5, 5.41) is 0. The first-order valence-electron chi connectivity index (χ1n) is 6.63. The first kappa shape index (κ1) is 12.5. The number of aryl methyl sites for hydroxylation is 2. The minimum Gasteiger partial charge on any atom is -0.493 e. The third kappa shape index (κ3) is 2.20. The maximum absolute atomic E-state index is 6.17. The number of ether oxygens (including phenoxy) is 1. The van der Waals surface area contributed by atoms with Gasteiger partial charge in [-0.15, -0.1) is 0 Å². The van der Waals surface area contributed by atoms with Crippen molar-refractivity contribution in [3.8, 4) is 5.75 Å². The standard InChI is InChI=1S/C16H17N3O/c1-20-14-8-5-11-19-15(17)13(18-16(14)19)10-9-12-6-3-2-4-7-12/h2-8,11H,9-10,17H2,1H3. The number of benzene rings is 1. The summed E-state index contributed by atoms with van der Waals surface area (Å²) in [5.41, 5.74) is 9.15. The average Bonchev–Trinajstić information content (AvgIpc) is 2.83. The normalized spacial score (nSPS) is 10.8. The highest BCUT2D eigenvalue weighted by atomic mass is 16.5. The number of pyridine rings is 1. The number of imidazole rings is 1. The molecule has 0 aliphatic heterocycles. The van der Waals surface area contributed by atoms with Crippen LogP contribution >= 0.6 is 0 Å². The van der Waals surface area contributed by atoms with E-state index >= 15 is 0 Å². The van der Waals surface area contributed by atoms with Crippen LogP contribution in [0.4, 0.5) is 5.82 Å². The van der Waals surface area contributed by atoms with Gasteiger partial charge in [-0.1, -0.05) is 30.3 Å². The molecule has 2 aromatic heterocycles. The van der Waals surface area contributed by atoms with Crippen molar-refractivity contribution in [3.63, 3.8) is 0 Å². The van der Waals surface area contributed by atoms with E-state index in [-0.39, 0.29) is 0 Å². The second-order valence-electron chi connectivity index (χ2n) is 4.70. The lowest BCUT2D eigenvalue weighted by Gasteiger charge is -2.01. The summed E-state index contributed by atoms with van der Waals surface area (Å²) in [6, 6.07) is 14.1. The van der Waals surface area contributed by atoms with E-state index in [4.69, 9.17) is 10.5 Å². The summed E-state index contributed by atoms with van der Waals surface area (Å²) in [4.78, 5) is 4.61. The fraction of sp³-hybridized carbons (Fsp3) is 0.188. The molecule has 0 amide bonds. The van der Waals surface area contributed by atoms with Crippen molar-refractivity contribution in [1.29, 1.82) is 0 Å². The number of rotatable bonds is 4. The topological polar surface area (TPSA) is 52.5 Å². The first-order chi connectivity index (χ1) is 9.79. The molecule has 0 spiro atoms. The average molecular weight is 267 g/mol. The second-order valence-corrected chi connectivity index (χ2v) is 4.70. The summed E-state index contributed by atoms with van der Waals surface area (Å²) in [6.07, 6.45) is 3.66. The SMILES string of the molecule is COc1cccn2c(N)c(CCc3ccccc3)nc12. The van der Waals surface area contributed by atoms with Crippen LogP contribution in [0.25, 0.3) is 5.65 Å². The Balaban J connectivity index is 1.90. The summed E-state index contributed by atoms with van der Waals surface area (Å²) < 4.78 is 7.19. The lowest BCUT2D eigenvalue weighted by Crippen LogP contribution is -1.98. The molecule has 1 aromatic carbocycles. The predicted molar refractivity (Wildman–Crippen MR) is 80.0 cm³/mol. The Labute approximate surface area is 117 Å². The molecule has 0 fully saturated rings. The molecular weight excluding hydrogens is 250 g/mol. The molecule has 0 aliphatic rings. The number of hydrogen-bond donors (Lipinski definition) is 1. The zero-order valence-corrected chi connectivity index (χ0v) is 11.4. The highest BCUT2D eigenvalue weighted by Crippen LogP contribution is 2.24. The van der Waals surface area contributed by atoms with Gasteiger partial charge in [0.1, 0.15) is 5.82 Å². The van der Waals surface area contributed by atoms with Gasteiger partial charge in [-0.3, -0.25) is 4.40 Å². The number of nitrogens with two attached hydrogens (primary N) is 1. The molecule has 3 aromatic rings. The van der Waals surface area contributed by atoms with E-state index in [0.29, 0.717) is 5.82 Å². The zero-order valence-electron chi connectivity index (χ0n) is 11.4. The third-order valence-corrected chi connectivity index (χ3v) is 3.44. The molecule has 0 saturated carbocycles. The quantitative estimate of drug-likeness (QED) is 0.790. The maximum atomic E-state index is 6.17. The van der Waals surface area contributed by atoms with Gasteiger partial charge in [-0.2, -0.15) is 0 Å². The number of hydrogen-bond acceptors (Lipinski definition) is 3. The van der Waals surface area contributed by atoms with Gasteiger partial charge in [-0.25, -0.2) is 4.98 Å². The van der Waals surface area contributed by atoms with Gasteiger partial charge in [0.05, 0.1) is 12.8 Å². The molecule has 0 atom stereocenters. The molecule has 4 heteroatoms. The van der Waals surface area contributed by atoms with Crippen molar-refractivity contribution in [2.45, 2.75) is 12.8 Å². The molecule has 0 radical (unpaired) electrons. The lowest BCUT2D eigenvalue weighted by molar-refractivity contribution is 0.417. The van der Waals surface area contributed by atoms with E-state index in [1.807, 2.05) is 40.9 Å². The smallest absolute Gasteiger partial charge is 0.181 e. The van der Waals surface area contributed by atoms with Gasteiger partial charge in [-0.05, 0) is 30.5 Å². The minimum atomic E-state index is 0.690. The largest absolute Gasteiger partial charge is 0.493 e. The number of methoxy groups -OCH3 is 1. The van der Waals surface area contributed by atoms with Crippen molar-refractivity contribution in [2.24, 2.45) is 0 Å². The third-order valence-electron chi connectivity index (χ3n) is 3.44. The number of aromatic nitrogens is 2. The Morgan fingerprint density at radius 2 is 1.90 bits per heavy atom. The van der Waals surface area contributed by atoms with E-state index < -0.39 is 0 Å². The van der Waals surface area contributed by atoms with Gasteiger partial charge < -0.3 is 10.5 Å². The molecule has 0 bridgehead atoms. The van der Waals surface area contributed by atoms with E-state index in [9.17, 15) is 0 Å². The van der Waals surface area contributed by atoms with Crippen LogP contribution in [-0.2, 0) is 12.8 Å². The summed E-state index contributed by atoms with van der Waals surface area (Å²) in [5.74, 6) is 1.43. The highest BCUT2D eigenvalue weighted by Gasteiger charge is 2.12. The van der Waals surface area contributed by atoms with Crippen molar-refractivity contribution in [3.05, 3.63) is 59.9 Å². The molecule has 4 nitrogen and oxygen atoms in total. The Kier molecular flexibility index (Phi) is 3.29. The van der Waals surface area contributed by atoms with Gasteiger partial charge in [0, 0.05) is 6.20 Å². The zero-order chi connectivity index (χ0) is 13.9. The summed E-state index contributed by atoms with van der Waals surface area (Å²) in [6.45, 7) is 0. The van der Waals surface area contributed by atoms with E-state index in [1.165, 1.54) is 5.56 Å². The Bertz CT molecular complexity index is 719. The lowest BCUT2D eigenvalue weighted by atomic mass is 10.1. The highest BCUT2D eigenvalue weighted by molar-refractivity contribution is 5.61. The van der Waals surface area contributed by atoms with E-state index in [2.05, 4.69) is 17.1 Å². The van der Waals surface area contributed by atoms with Crippen LogP contribution in [0.3, 0.4) is 0 Å². The summed E-state index contributed by atoms with van der Waals surface area (Å²) in [7, 11) is 1.64. The predicted octanol–water partition coefficient (Wildman–Crippen LogP) is 2.71. The Morgan fingerprint density at radius 1 is 1.10 bits per heavy atom. The monoisotopic (exact) mass is 267 g/mol. The molecule has 2 N–H and O–H groups in total. The van der Waals surface area contributed by atoms with Crippen LogP contribution in [0.1, 0.15) is 11.3 Å². The van der Waals surface area contributed by atoms with Gasteiger partial charge >= 0.3 is 0 Å². The molecule has 0 saturated heterocycles. The van der Waals surface area contributed by atoms with Gasteiger partial charge in [0.15, 0.2) is 11.4 Å². The first-order valence-corrected chi connectivity index (χ1v) is 6.63. The molecule has 2 heterocycles.